The van der Waals surface area contributed by atoms with E-state index in [4.69, 9.17) is 9.84 Å². The smallest absolute Gasteiger partial charge is 0.407 e. The Morgan fingerprint density at radius 2 is 1.64 bits per heavy atom. The average Bonchev–Trinajstić information content (AvgIpc) is 3.09. The van der Waals surface area contributed by atoms with E-state index in [2.05, 4.69) is 5.32 Å². The molecule has 9 heteroatoms. The number of rotatable bonds is 10. The summed E-state index contributed by atoms with van der Waals surface area (Å²) >= 11 is 0. The standard InChI is InChI=1S/C24H26F2N2O5/c1-2-11-28(13-21(25)26)23(31)20(12-22(29)30)27-24(32)33-14-19-17-9-5-3-7-15(17)16-8-4-6-10-18(16)19/h3-10,19-21H,2,11-14H2,1H3,(H,27,32)(H,29,30). The number of alkyl carbamates (subject to hydrolysis) is 1. The van der Waals surface area contributed by atoms with E-state index >= 15 is 0 Å². The van der Waals surface area contributed by atoms with Gasteiger partial charge in [-0.2, -0.15) is 0 Å². The molecule has 2 aromatic rings. The number of hydrogen-bond acceptors (Lipinski definition) is 4. The number of carboxylic acids is 1. The third-order valence-electron chi connectivity index (χ3n) is 5.48. The van der Waals surface area contributed by atoms with Gasteiger partial charge in [-0.1, -0.05) is 55.5 Å². The van der Waals surface area contributed by atoms with Gasteiger partial charge in [-0.15, -0.1) is 0 Å². The van der Waals surface area contributed by atoms with Crippen LogP contribution in [-0.2, 0) is 14.3 Å². The summed E-state index contributed by atoms with van der Waals surface area (Å²) in [5.74, 6) is -2.44. The number of alkyl halides is 2. The molecule has 1 aliphatic carbocycles. The van der Waals surface area contributed by atoms with Crippen molar-refractivity contribution >= 4 is 18.0 Å². The molecule has 0 saturated heterocycles. The van der Waals surface area contributed by atoms with E-state index in [0.717, 1.165) is 27.2 Å². The lowest BCUT2D eigenvalue weighted by Crippen LogP contribution is -2.51. The van der Waals surface area contributed by atoms with E-state index in [-0.39, 0.29) is 19.1 Å². The molecule has 0 radical (unpaired) electrons. The van der Waals surface area contributed by atoms with Crippen LogP contribution in [0.3, 0.4) is 0 Å². The van der Waals surface area contributed by atoms with E-state index in [0.29, 0.717) is 6.42 Å². The maximum atomic E-state index is 12.9. The minimum Gasteiger partial charge on any atom is -0.481 e. The van der Waals surface area contributed by atoms with Crippen LogP contribution in [0.2, 0.25) is 0 Å². The van der Waals surface area contributed by atoms with E-state index < -0.39 is 43.4 Å². The highest BCUT2D eigenvalue weighted by Gasteiger charge is 2.32. The number of aliphatic carboxylic acids is 1. The summed E-state index contributed by atoms with van der Waals surface area (Å²) < 4.78 is 31.1. The molecule has 7 nitrogen and oxygen atoms in total. The first-order valence-electron chi connectivity index (χ1n) is 10.7. The summed E-state index contributed by atoms with van der Waals surface area (Å²) in [6.45, 7) is 0.862. The Labute approximate surface area is 190 Å². The predicted molar refractivity (Wildman–Crippen MR) is 117 cm³/mol. The van der Waals surface area contributed by atoms with Gasteiger partial charge < -0.3 is 20.1 Å². The number of carboxylic acid groups (broad SMARTS) is 1. The van der Waals surface area contributed by atoms with Gasteiger partial charge in [0.2, 0.25) is 5.91 Å². The van der Waals surface area contributed by atoms with Gasteiger partial charge >= 0.3 is 12.1 Å². The Hall–Kier alpha value is -3.49. The molecule has 0 aliphatic heterocycles. The van der Waals surface area contributed by atoms with Gasteiger partial charge in [-0.3, -0.25) is 9.59 Å². The molecule has 33 heavy (non-hydrogen) atoms. The largest absolute Gasteiger partial charge is 0.481 e. The number of carbonyl (C=O) groups is 3. The second-order valence-electron chi connectivity index (χ2n) is 7.80. The number of nitrogens with one attached hydrogen (secondary N) is 1. The Balaban J connectivity index is 1.70. The fourth-order valence-corrected chi connectivity index (χ4v) is 4.11. The van der Waals surface area contributed by atoms with E-state index in [1.54, 1.807) is 6.92 Å². The van der Waals surface area contributed by atoms with Crippen LogP contribution in [-0.4, -0.2) is 60.1 Å². The highest BCUT2D eigenvalue weighted by Crippen LogP contribution is 2.44. The number of amides is 2. The van der Waals surface area contributed by atoms with Crippen molar-refractivity contribution in [3.8, 4) is 11.1 Å². The number of fused-ring (bicyclic) bond motifs is 3. The second-order valence-corrected chi connectivity index (χ2v) is 7.80. The normalized spacial score (nSPS) is 13.2. The molecule has 2 N–H and O–H groups in total. The van der Waals surface area contributed by atoms with Crippen molar-refractivity contribution in [1.82, 2.24) is 10.2 Å². The predicted octanol–water partition coefficient (Wildman–Crippen LogP) is 3.87. The molecule has 3 rings (SSSR count). The first kappa shape index (κ1) is 24.2. The quantitative estimate of drug-likeness (QED) is 0.561. The molecule has 1 aliphatic rings. The zero-order valence-electron chi connectivity index (χ0n) is 18.2. The van der Waals surface area contributed by atoms with E-state index in [9.17, 15) is 23.2 Å². The van der Waals surface area contributed by atoms with Crippen molar-refractivity contribution < 1.29 is 33.0 Å². The third-order valence-corrected chi connectivity index (χ3v) is 5.48. The summed E-state index contributed by atoms with van der Waals surface area (Å²) in [5, 5.41) is 11.4. The summed E-state index contributed by atoms with van der Waals surface area (Å²) in [7, 11) is 0. The molecule has 2 amide bonds. The highest BCUT2D eigenvalue weighted by molar-refractivity contribution is 5.89. The Morgan fingerprint density at radius 3 is 2.15 bits per heavy atom. The summed E-state index contributed by atoms with van der Waals surface area (Å²) in [5.41, 5.74) is 4.08. The van der Waals surface area contributed by atoms with Crippen LogP contribution in [0.1, 0.15) is 36.8 Å². The molecule has 0 spiro atoms. The van der Waals surface area contributed by atoms with Crippen LogP contribution in [0.15, 0.2) is 48.5 Å². The Bertz CT molecular complexity index is 968. The molecular weight excluding hydrogens is 434 g/mol. The van der Waals surface area contributed by atoms with Gasteiger partial charge in [0, 0.05) is 12.5 Å². The topological polar surface area (TPSA) is 95.9 Å². The molecular formula is C24H26F2N2O5. The zero-order valence-corrected chi connectivity index (χ0v) is 18.2. The number of hydrogen-bond donors (Lipinski definition) is 2. The van der Waals surface area contributed by atoms with Gasteiger partial charge in [0.1, 0.15) is 12.6 Å². The second kappa shape index (κ2) is 10.9. The number of ether oxygens (including phenoxy) is 1. The summed E-state index contributed by atoms with van der Waals surface area (Å²) in [6, 6.07) is 14.0. The van der Waals surface area contributed by atoms with Gasteiger partial charge in [-0.05, 0) is 28.7 Å². The van der Waals surface area contributed by atoms with Crippen LogP contribution in [0, 0.1) is 0 Å². The van der Waals surface area contributed by atoms with Crippen molar-refractivity contribution in [2.45, 2.75) is 38.2 Å². The van der Waals surface area contributed by atoms with Gasteiger partial charge in [0.25, 0.3) is 6.43 Å². The van der Waals surface area contributed by atoms with Gasteiger partial charge in [0.15, 0.2) is 0 Å². The maximum Gasteiger partial charge on any atom is 0.407 e. The number of nitrogens with zero attached hydrogens (tertiary/aromatic N) is 1. The fraction of sp³-hybridized carbons (Fsp3) is 0.375. The lowest BCUT2D eigenvalue weighted by Gasteiger charge is -2.26. The van der Waals surface area contributed by atoms with Crippen LogP contribution in [0.25, 0.3) is 11.1 Å². The number of carbonyl (C=O) groups excluding carboxylic acids is 2. The van der Waals surface area contributed by atoms with Crippen LogP contribution in [0.4, 0.5) is 13.6 Å². The fourth-order valence-electron chi connectivity index (χ4n) is 4.11. The van der Waals surface area contributed by atoms with Crippen molar-refractivity contribution in [3.63, 3.8) is 0 Å². The van der Waals surface area contributed by atoms with Crippen molar-refractivity contribution in [3.05, 3.63) is 59.7 Å². The number of benzene rings is 2. The molecule has 0 heterocycles. The first-order chi connectivity index (χ1) is 15.8. The molecule has 176 valence electrons. The lowest BCUT2D eigenvalue weighted by molar-refractivity contribution is -0.143. The van der Waals surface area contributed by atoms with Crippen molar-refractivity contribution in [2.75, 3.05) is 19.7 Å². The van der Waals surface area contributed by atoms with E-state index in [1.807, 2.05) is 48.5 Å². The molecule has 0 bridgehead atoms. The minimum atomic E-state index is -2.78. The molecule has 2 aromatic carbocycles. The van der Waals surface area contributed by atoms with Crippen molar-refractivity contribution in [2.24, 2.45) is 0 Å². The Morgan fingerprint density at radius 1 is 1.06 bits per heavy atom. The highest BCUT2D eigenvalue weighted by atomic mass is 19.3. The van der Waals surface area contributed by atoms with Gasteiger partial charge in [0.05, 0.1) is 13.0 Å². The van der Waals surface area contributed by atoms with Gasteiger partial charge in [-0.25, -0.2) is 13.6 Å². The monoisotopic (exact) mass is 460 g/mol. The van der Waals surface area contributed by atoms with E-state index in [1.165, 1.54) is 0 Å². The maximum absolute atomic E-state index is 12.9. The Kier molecular flexibility index (Phi) is 7.97. The lowest BCUT2D eigenvalue weighted by atomic mass is 9.98. The zero-order chi connectivity index (χ0) is 24.0. The first-order valence-corrected chi connectivity index (χ1v) is 10.7. The summed E-state index contributed by atoms with van der Waals surface area (Å²) in [6.07, 6.45) is -4.10. The third kappa shape index (κ3) is 5.85. The summed E-state index contributed by atoms with van der Waals surface area (Å²) in [4.78, 5) is 37.3. The van der Waals surface area contributed by atoms with Crippen LogP contribution < -0.4 is 5.32 Å². The van der Waals surface area contributed by atoms with Crippen molar-refractivity contribution in [1.29, 1.82) is 0 Å². The molecule has 1 unspecified atom stereocenters. The average molecular weight is 460 g/mol. The molecule has 0 aromatic heterocycles. The number of halogens is 2. The minimum absolute atomic E-state index is 0.0195. The van der Waals surface area contributed by atoms with Crippen LogP contribution in [0.5, 0.6) is 0 Å². The van der Waals surface area contributed by atoms with Crippen LogP contribution >= 0.6 is 0 Å². The molecule has 1 atom stereocenters. The SMILES string of the molecule is CCCN(CC(F)F)C(=O)C(CC(=O)O)NC(=O)OCC1c2ccccc2-c2ccccc21. The molecule has 0 saturated carbocycles. The molecule has 0 fully saturated rings.